The highest BCUT2D eigenvalue weighted by Gasteiger charge is 2.29. The van der Waals surface area contributed by atoms with E-state index in [2.05, 4.69) is 15.9 Å². The fourth-order valence-corrected chi connectivity index (χ4v) is 0.984. The normalized spacial score (nSPS) is 15.2. The predicted molar refractivity (Wildman–Crippen MR) is 43.4 cm³/mol. The van der Waals surface area contributed by atoms with Crippen molar-refractivity contribution in [2.24, 2.45) is 0 Å². The predicted octanol–water partition coefficient (Wildman–Crippen LogP) is 1.24. The highest BCUT2D eigenvalue weighted by molar-refractivity contribution is 9.09. The molecule has 0 saturated heterocycles. The first-order chi connectivity index (χ1) is 5.35. The van der Waals surface area contributed by atoms with Crippen molar-refractivity contribution in [2.45, 2.75) is 12.3 Å². The summed E-state index contributed by atoms with van der Waals surface area (Å²) in [5.74, 6) is 0. The molecule has 0 bridgehead atoms. The molecule has 0 aliphatic rings. The van der Waals surface area contributed by atoms with Gasteiger partial charge >= 0.3 is 6.18 Å². The molecule has 0 radical (unpaired) electrons. The second-order valence-corrected chi connectivity index (χ2v) is 3.27. The van der Waals surface area contributed by atoms with Gasteiger partial charge in [-0.2, -0.15) is 13.2 Å². The molecule has 6 heteroatoms. The van der Waals surface area contributed by atoms with E-state index in [1.54, 1.807) is 0 Å². The van der Waals surface area contributed by atoms with Crippen LogP contribution in [0.5, 0.6) is 0 Å². The van der Waals surface area contributed by atoms with Crippen LogP contribution in [0.2, 0.25) is 0 Å². The third-order valence-electron chi connectivity index (χ3n) is 1.15. The molecule has 0 aliphatic heterocycles. The van der Waals surface area contributed by atoms with E-state index in [1.807, 2.05) is 0 Å². The molecule has 0 spiro atoms. The topological polar surface area (TPSA) is 23.5 Å². The van der Waals surface area contributed by atoms with Crippen LogP contribution >= 0.6 is 15.9 Å². The summed E-state index contributed by atoms with van der Waals surface area (Å²) < 4.78 is 35.2. The first-order valence-corrected chi connectivity index (χ1v) is 4.46. The number of alkyl halides is 4. The van der Waals surface area contributed by atoms with Gasteiger partial charge in [0.05, 0.1) is 12.6 Å². The van der Waals surface area contributed by atoms with Crippen molar-refractivity contribution in [3.63, 3.8) is 0 Å². The SMILES string of the molecule is CN(CC(O)CBr)CC(F)(F)F. The van der Waals surface area contributed by atoms with Gasteiger partial charge in [0.15, 0.2) is 0 Å². The number of hydrogen-bond acceptors (Lipinski definition) is 2. The lowest BCUT2D eigenvalue weighted by Crippen LogP contribution is -2.36. The Hall–Kier alpha value is 0.190. The van der Waals surface area contributed by atoms with Crippen molar-refractivity contribution in [1.29, 1.82) is 0 Å². The van der Waals surface area contributed by atoms with Gasteiger partial charge < -0.3 is 5.11 Å². The molecule has 74 valence electrons. The molecule has 1 N–H and O–H groups in total. The number of rotatable bonds is 4. The Morgan fingerprint density at radius 1 is 1.50 bits per heavy atom. The summed E-state index contributed by atoms with van der Waals surface area (Å²) in [5, 5.41) is 9.26. The number of aliphatic hydroxyl groups excluding tert-OH is 1. The van der Waals surface area contributed by atoms with Gasteiger partial charge in [-0.1, -0.05) is 15.9 Å². The van der Waals surface area contributed by atoms with E-state index < -0.39 is 18.8 Å². The number of aliphatic hydroxyl groups is 1. The van der Waals surface area contributed by atoms with Gasteiger partial charge in [-0.25, -0.2) is 0 Å². The van der Waals surface area contributed by atoms with Gasteiger partial charge in [-0.05, 0) is 7.05 Å². The van der Waals surface area contributed by atoms with E-state index in [0.717, 1.165) is 4.90 Å². The van der Waals surface area contributed by atoms with E-state index in [4.69, 9.17) is 5.11 Å². The van der Waals surface area contributed by atoms with Crippen molar-refractivity contribution in [3.8, 4) is 0 Å². The van der Waals surface area contributed by atoms with Gasteiger partial charge in [0, 0.05) is 11.9 Å². The number of hydrogen-bond donors (Lipinski definition) is 1. The number of halogens is 4. The van der Waals surface area contributed by atoms with Crippen LogP contribution in [0.25, 0.3) is 0 Å². The Kier molecular flexibility index (Phi) is 5.12. The average molecular weight is 250 g/mol. The Bertz CT molecular complexity index is 130. The van der Waals surface area contributed by atoms with Crippen LogP contribution in [-0.2, 0) is 0 Å². The minimum atomic E-state index is -4.19. The molecule has 0 aromatic heterocycles. The third-order valence-corrected chi connectivity index (χ3v) is 1.90. The van der Waals surface area contributed by atoms with Crippen LogP contribution < -0.4 is 0 Å². The zero-order valence-corrected chi connectivity index (χ0v) is 8.19. The maximum atomic E-state index is 11.7. The molecule has 2 nitrogen and oxygen atoms in total. The molecule has 0 aliphatic carbocycles. The fourth-order valence-electron chi connectivity index (χ4n) is 0.779. The van der Waals surface area contributed by atoms with E-state index in [1.165, 1.54) is 7.05 Å². The van der Waals surface area contributed by atoms with Crippen molar-refractivity contribution in [3.05, 3.63) is 0 Å². The summed E-state index contributed by atoms with van der Waals surface area (Å²) in [6.07, 6.45) is -4.95. The standard InChI is InChI=1S/C6H11BrF3NO/c1-11(3-5(12)2-7)4-6(8,9)10/h5,12H,2-4H2,1H3. The Labute approximate surface area is 77.5 Å². The smallest absolute Gasteiger partial charge is 0.391 e. The van der Waals surface area contributed by atoms with Crippen molar-refractivity contribution in [1.82, 2.24) is 4.90 Å². The van der Waals surface area contributed by atoms with Crippen LogP contribution in [0, 0.1) is 0 Å². The largest absolute Gasteiger partial charge is 0.401 e. The molecule has 1 atom stereocenters. The van der Waals surface area contributed by atoms with Gasteiger partial charge in [0.1, 0.15) is 0 Å². The lowest BCUT2D eigenvalue weighted by molar-refractivity contribution is -0.144. The minimum Gasteiger partial charge on any atom is -0.391 e. The van der Waals surface area contributed by atoms with E-state index in [9.17, 15) is 13.2 Å². The summed E-state index contributed by atoms with van der Waals surface area (Å²) in [7, 11) is 1.32. The summed E-state index contributed by atoms with van der Waals surface area (Å²) in [6.45, 7) is -0.970. The molecule has 0 aromatic carbocycles. The van der Waals surface area contributed by atoms with Crippen LogP contribution in [0.15, 0.2) is 0 Å². The van der Waals surface area contributed by atoms with E-state index in [-0.39, 0.29) is 11.9 Å². The Morgan fingerprint density at radius 3 is 2.33 bits per heavy atom. The second-order valence-electron chi connectivity index (χ2n) is 2.62. The maximum absolute atomic E-state index is 11.7. The molecule has 0 fully saturated rings. The van der Waals surface area contributed by atoms with Crippen molar-refractivity contribution in [2.75, 3.05) is 25.5 Å². The van der Waals surface area contributed by atoms with Crippen LogP contribution in [0.3, 0.4) is 0 Å². The highest BCUT2D eigenvalue weighted by atomic mass is 79.9. The molecule has 0 aromatic rings. The van der Waals surface area contributed by atoms with Crippen molar-refractivity contribution >= 4 is 15.9 Å². The van der Waals surface area contributed by atoms with Gasteiger partial charge in [0.2, 0.25) is 0 Å². The number of nitrogens with zero attached hydrogens (tertiary/aromatic N) is 1. The molecule has 0 heterocycles. The summed E-state index contributed by atoms with van der Waals surface area (Å²) >= 11 is 2.96. The van der Waals surface area contributed by atoms with Gasteiger partial charge in [-0.3, -0.25) is 4.90 Å². The van der Waals surface area contributed by atoms with Crippen molar-refractivity contribution < 1.29 is 18.3 Å². The molecular weight excluding hydrogens is 239 g/mol. The summed E-state index contributed by atoms with van der Waals surface area (Å²) in [4.78, 5) is 1.03. The molecule has 0 amide bonds. The highest BCUT2D eigenvalue weighted by Crippen LogP contribution is 2.15. The summed E-state index contributed by atoms with van der Waals surface area (Å²) in [6, 6.07) is 0. The van der Waals surface area contributed by atoms with E-state index in [0.29, 0.717) is 0 Å². The molecule has 12 heavy (non-hydrogen) atoms. The average Bonchev–Trinajstić information content (AvgIpc) is 1.82. The van der Waals surface area contributed by atoms with Crippen LogP contribution in [0.4, 0.5) is 13.2 Å². The second kappa shape index (κ2) is 5.04. The van der Waals surface area contributed by atoms with Crippen LogP contribution in [0.1, 0.15) is 0 Å². The molecule has 0 rings (SSSR count). The third kappa shape index (κ3) is 6.87. The number of likely N-dealkylation sites (N-methyl/N-ethyl adjacent to an activating group) is 1. The molecular formula is C6H11BrF3NO. The zero-order valence-electron chi connectivity index (χ0n) is 6.60. The first kappa shape index (κ1) is 12.2. The minimum absolute atomic E-state index is 0.0186. The Morgan fingerprint density at radius 2 is 2.00 bits per heavy atom. The first-order valence-electron chi connectivity index (χ1n) is 3.34. The molecule has 0 saturated carbocycles. The quantitative estimate of drug-likeness (QED) is 0.759. The van der Waals surface area contributed by atoms with Gasteiger partial charge in [-0.15, -0.1) is 0 Å². The van der Waals surface area contributed by atoms with E-state index >= 15 is 0 Å². The maximum Gasteiger partial charge on any atom is 0.401 e. The van der Waals surface area contributed by atoms with Gasteiger partial charge in [0.25, 0.3) is 0 Å². The van der Waals surface area contributed by atoms with Crippen LogP contribution in [-0.4, -0.2) is 47.8 Å². The summed E-state index contributed by atoms with van der Waals surface area (Å²) in [5.41, 5.74) is 0. The Balaban J connectivity index is 3.66. The fraction of sp³-hybridized carbons (Fsp3) is 1.00. The monoisotopic (exact) mass is 249 g/mol. The lowest BCUT2D eigenvalue weighted by Gasteiger charge is -2.20. The zero-order chi connectivity index (χ0) is 9.78. The lowest BCUT2D eigenvalue weighted by atomic mass is 10.4. The molecule has 1 unspecified atom stereocenters.